The molecule has 3 aromatic rings. The molecule has 8 nitrogen and oxygen atoms in total. The number of nitrogens with two attached hydrogens (primary N) is 1. The number of benzene rings is 2. The Morgan fingerprint density at radius 1 is 1.10 bits per heavy atom. The van der Waals surface area contributed by atoms with Gasteiger partial charge in [0.2, 0.25) is 17.6 Å². The van der Waals surface area contributed by atoms with Gasteiger partial charge in [0.1, 0.15) is 18.3 Å². The average molecular weight is 536 g/mol. The predicted octanol–water partition coefficient (Wildman–Crippen LogP) is 4.87. The van der Waals surface area contributed by atoms with Gasteiger partial charge in [-0.1, -0.05) is 24.3 Å². The maximum Gasteiger partial charge on any atom is 0.371 e. The fourth-order valence-electron chi connectivity index (χ4n) is 6.29. The molecule has 2 aromatic carbocycles. The third-order valence-electron chi connectivity index (χ3n) is 8.44. The van der Waals surface area contributed by atoms with E-state index in [0.29, 0.717) is 55.3 Å². The Morgan fingerprint density at radius 3 is 2.54 bits per heavy atom. The zero-order valence-corrected chi connectivity index (χ0v) is 21.9. The van der Waals surface area contributed by atoms with Crippen molar-refractivity contribution in [2.45, 2.75) is 57.0 Å². The van der Waals surface area contributed by atoms with Crippen molar-refractivity contribution in [3.05, 3.63) is 65.4 Å². The first-order valence-corrected chi connectivity index (χ1v) is 13.5. The summed E-state index contributed by atoms with van der Waals surface area (Å²) in [6.07, 6.45) is 3.35. The predicted molar refractivity (Wildman–Crippen MR) is 145 cm³/mol. The van der Waals surface area contributed by atoms with Crippen molar-refractivity contribution in [3.63, 3.8) is 0 Å². The lowest BCUT2D eigenvalue weighted by Gasteiger charge is -2.35. The van der Waals surface area contributed by atoms with E-state index < -0.39 is 24.7 Å². The fraction of sp³-hybridized carbons (Fsp3) is 0.433. The van der Waals surface area contributed by atoms with Crippen LogP contribution < -0.4 is 11.1 Å². The first-order chi connectivity index (χ1) is 18.8. The number of nitrogens with zero attached hydrogens (tertiary/aromatic N) is 1. The summed E-state index contributed by atoms with van der Waals surface area (Å²) in [6.45, 7) is 1.93. The summed E-state index contributed by atoms with van der Waals surface area (Å²) in [5, 5.41) is 12.8. The Labute approximate surface area is 226 Å². The van der Waals surface area contributed by atoms with Gasteiger partial charge in [-0.05, 0) is 80.3 Å². The molecule has 0 radical (unpaired) electrons. The Bertz CT molecular complexity index is 1380. The van der Waals surface area contributed by atoms with Gasteiger partial charge in [0.15, 0.2) is 0 Å². The van der Waals surface area contributed by atoms with Gasteiger partial charge in [0.05, 0.1) is 0 Å². The second-order valence-electron chi connectivity index (χ2n) is 10.8. The molecule has 3 atom stereocenters. The summed E-state index contributed by atoms with van der Waals surface area (Å²) in [7, 11) is 0. The molecule has 1 aromatic heterocycles. The summed E-state index contributed by atoms with van der Waals surface area (Å²) in [6, 6.07) is 13.1. The lowest BCUT2D eigenvalue weighted by Crippen LogP contribution is -2.48. The van der Waals surface area contributed by atoms with Gasteiger partial charge in [0.25, 0.3) is 0 Å². The van der Waals surface area contributed by atoms with Crippen LogP contribution in [0.5, 0.6) is 0 Å². The lowest BCUT2D eigenvalue weighted by atomic mass is 9.78. The van der Waals surface area contributed by atoms with Crippen molar-refractivity contribution in [2.24, 2.45) is 17.6 Å². The number of aryl methyl sites for hydroxylation is 1. The largest absolute Gasteiger partial charge is 0.475 e. The molecule has 0 unspecified atom stereocenters. The smallest absolute Gasteiger partial charge is 0.371 e. The highest BCUT2D eigenvalue weighted by Crippen LogP contribution is 2.39. The highest BCUT2D eigenvalue weighted by molar-refractivity contribution is 6.00. The van der Waals surface area contributed by atoms with E-state index in [1.54, 1.807) is 23.1 Å². The number of aromatic carboxylic acids is 1. The number of likely N-dealkylation sites (tertiary alicyclic amines) is 1. The van der Waals surface area contributed by atoms with Gasteiger partial charge < -0.3 is 25.5 Å². The van der Waals surface area contributed by atoms with Crippen LogP contribution in [0.25, 0.3) is 11.0 Å². The average Bonchev–Trinajstić information content (AvgIpc) is 3.57. The van der Waals surface area contributed by atoms with Crippen molar-refractivity contribution in [2.75, 3.05) is 18.5 Å². The molecule has 2 aliphatic rings. The highest BCUT2D eigenvalue weighted by Gasteiger charge is 2.45. The molecule has 5 rings (SSSR count). The molecular formula is C30H34FN3O5. The van der Waals surface area contributed by atoms with Crippen LogP contribution in [0.1, 0.15) is 59.7 Å². The number of amides is 2. The number of fused-ring (bicyclic) bond motifs is 1. The number of nitrogens with one attached hydrogen (secondary N) is 1. The number of carboxylic acids is 1. The summed E-state index contributed by atoms with van der Waals surface area (Å²) in [5.41, 5.74) is 8.93. The maximum absolute atomic E-state index is 13.9. The van der Waals surface area contributed by atoms with Crippen LogP contribution in [0.3, 0.4) is 0 Å². The Morgan fingerprint density at radius 2 is 1.85 bits per heavy atom. The molecule has 4 N–H and O–H groups in total. The summed E-state index contributed by atoms with van der Waals surface area (Å²) in [4.78, 5) is 40.7. The minimum absolute atomic E-state index is 0.0325. The monoisotopic (exact) mass is 535 g/mol. The van der Waals surface area contributed by atoms with Crippen molar-refractivity contribution < 1.29 is 28.3 Å². The van der Waals surface area contributed by atoms with Gasteiger partial charge in [-0.25, -0.2) is 9.18 Å². The van der Waals surface area contributed by atoms with Gasteiger partial charge in [0, 0.05) is 35.5 Å². The van der Waals surface area contributed by atoms with E-state index in [2.05, 4.69) is 5.32 Å². The zero-order valence-electron chi connectivity index (χ0n) is 21.9. The first-order valence-electron chi connectivity index (χ1n) is 13.5. The highest BCUT2D eigenvalue weighted by atomic mass is 19.1. The molecule has 2 amide bonds. The van der Waals surface area contributed by atoms with Gasteiger partial charge in [-0.2, -0.15) is 0 Å². The second kappa shape index (κ2) is 11.2. The van der Waals surface area contributed by atoms with Crippen LogP contribution in [-0.2, 0) is 9.59 Å². The van der Waals surface area contributed by atoms with E-state index in [1.807, 2.05) is 31.2 Å². The number of rotatable bonds is 7. The summed E-state index contributed by atoms with van der Waals surface area (Å²) < 4.78 is 18.4. The third-order valence-corrected chi connectivity index (χ3v) is 8.44. The number of carboxylic acid groups (broad SMARTS) is 1. The number of alkyl halides is 1. The topological polar surface area (TPSA) is 126 Å². The molecule has 0 spiro atoms. The molecule has 1 aliphatic heterocycles. The van der Waals surface area contributed by atoms with Crippen molar-refractivity contribution in [1.82, 2.24) is 4.90 Å². The second-order valence-corrected chi connectivity index (χ2v) is 10.8. The number of hydrogen-bond acceptors (Lipinski definition) is 5. The maximum atomic E-state index is 13.9. The lowest BCUT2D eigenvalue weighted by molar-refractivity contribution is -0.141. The minimum Gasteiger partial charge on any atom is -0.475 e. The van der Waals surface area contributed by atoms with E-state index in [-0.39, 0.29) is 35.3 Å². The van der Waals surface area contributed by atoms with Crippen LogP contribution in [0, 0.1) is 18.8 Å². The number of anilines is 1. The van der Waals surface area contributed by atoms with Crippen LogP contribution in [0.15, 0.2) is 52.9 Å². The van der Waals surface area contributed by atoms with Crippen LogP contribution >= 0.6 is 0 Å². The molecule has 1 saturated carbocycles. The molecule has 2 fully saturated rings. The minimum atomic E-state index is -1.17. The zero-order chi connectivity index (χ0) is 27.7. The molecular weight excluding hydrogens is 501 g/mol. The first kappa shape index (κ1) is 26.9. The van der Waals surface area contributed by atoms with Crippen molar-refractivity contribution >= 4 is 34.4 Å². The molecule has 39 heavy (non-hydrogen) atoms. The fourth-order valence-corrected chi connectivity index (χ4v) is 6.29. The molecule has 9 heteroatoms. The molecule has 1 aliphatic carbocycles. The standard InChI is InChI=1S/C30H34FN3O5/c1-17-4-2-3-5-22(17)23-12-13-34(29(36)19-8-6-18(7-9-19)24(32)16-31)27(23)28(35)33-21-10-11-25-20(14-21)15-26(39-25)30(37)38/h2-5,10-11,14-15,18-19,23-24,27H,6-9,12-13,16,32H2,1H3,(H,33,35)(H,37,38)/t18?,19?,23-,24+,27-/m0/s1. The van der Waals surface area contributed by atoms with Crippen LogP contribution in [-0.4, -0.2) is 53.1 Å². The number of halogens is 1. The number of hydrogen-bond donors (Lipinski definition) is 3. The number of carbonyl (C=O) groups is 3. The summed E-state index contributed by atoms with van der Waals surface area (Å²) >= 11 is 0. The van der Waals surface area contributed by atoms with Crippen molar-refractivity contribution in [1.29, 1.82) is 0 Å². The van der Waals surface area contributed by atoms with E-state index in [1.165, 1.54) is 6.07 Å². The summed E-state index contributed by atoms with van der Waals surface area (Å²) in [5.74, 6) is -1.96. The molecule has 206 valence electrons. The van der Waals surface area contributed by atoms with Gasteiger partial charge in [-0.15, -0.1) is 0 Å². The Hall–Kier alpha value is -3.72. The molecule has 0 bridgehead atoms. The van der Waals surface area contributed by atoms with Gasteiger partial charge in [-0.3, -0.25) is 9.59 Å². The third kappa shape index (κ3) is 5.41. The normalized spacial score (nSPS) is 24.0. The van der Waals surface area contributed by atoms with Gasteiger partial charge >= 0.3 is 5.97 Å². The van der Waals surface area contributed by atoms with E-state index in [9.17, 15) is 23.9 Å². The van der Waals surface area contributed by atoms with Crippen molar-refractivity contribution in [3.8, 4) is 0 Å². The number of carbonyl (C=O) groups excluding carboxylic acids is 2. The molecule has 2 heterocycles. The van der Waals surface area contributed by atoms with E-state index in [4.69, 9.17) is 10.2 Å². The van der Waals surface area contributed by atoms with Crippen LogP contribution in [0.2, 0.25) is 0 Å². The quantitative estimate of drug-likeness (QED) is 0.397. The number of furan rings is 1. The molecule has 1 saturated heterocycles. The Balaban J connectivity index is 1.39. The van der Waals surface area contributed by atoms with E-state index >= 15 is 0 Å². The SMILES string of the molecule is Cc1ccccc1[C@@H]1CCN(C(=O)C2CCC([C@H](N)CF)CC2)[C@@H]1C(=O)Nc1ccc2oc(C(=O)O)cc2c1. The van der Waals surface area contributed by atoms with Crippen LogP contribution in [0.4, 0.5) is 10.1 Å². The van der Waals surface area contributed by atoms with E-state index in [0.717, 1.165) is 11.1 Å². The Kier molecular flexibility index (Phi) is 7.70.